The molecule has 146 valence electrons. The molecule has 6 heteroatoms. The van der Waals surface area contributed by atoms with Gasteiger partial charge in [-0.15, -0.1) is 0 Å². The van der Waals surface area contributed by atoms with E-state index in [0.717, 1.165) is 0 Å². The van der Waals surface area contributed by atoms with Crippen LogP contribution in [-0.2, 0) is 9.59 Å². The van der Waals surface area contributed by atoms with Crippen LogP contribution in [0.5, 0.6) is 5.75 Å². The van der Waals surface area contributed by atoms with Crippen LogP contribution in [0.15, 0.2) is 59.9 Å². The first kappa shape index (κ1) is 19.6. The molecule has 0 aromatic heterocycles. The lowest BCUT2D eigenvalue weighted by Gasteiger charge is -2.29. The minimum Gasteiger partial charge on any atom is -0.503 e. The van der Waals surface area contributed by atoms with Crippen molar-refractivity contribution in [3.63, 3.8) is 0 Å². The number of hydrogen-bond donors (Lipinski definition) is 1. The van der Waals surface area contributed by atoms with E-state index in [4.69, 9.17) is 4.74 Å². The molecule has 2 aromatic rings. The van der Waals surface area contributed by atoms with Crippen molar-refractivity contribution in [2.24, 2.45) is 5.41 Å². The van der Waals surface area contributed by atoms with Crippen LogP contribution in [0, 0.1) is 11.2 Å². The van der Waals surface area contributed by atoms with Crippen molar-refractivity contribution < 1.29 is 23.8 Å². The number of ketones is 1. The van der Waals surface area contributed by atoms with E-state index in [1.54, 1.807) is 51.1 Å². The molecule has 2 aromatic carbocycles. The monoisotopic (exact) mass is 383 g/mol. The molecule has 5 nitrogen and oxygen atoms in total. The van der Waals surface area contributed by atoms with E-state index >= 15 is 0 Å². The van der Waals surface area contributed by atoms with Gasteiger partial charge in [0.1, 0.15) is 11.6 Å². The van der Waals surface area contributed by atoms with Crippen LogP contribution in [0.2, 0.25) is 0 Å². The molecule has 1 heterocycles. The maximum absolute atomic E-state index is 14.7. The fraction of sp³-hybridized carbons (Fsp3) is 0.273. The summed E-state index contributed by atoms with van der Waals surface area (Å²) in [6.45, 7) is 5.06. The van der Waals surface area contributed by atoms with Gasteiger partial charge in [0, 0.05) is 22.7 Å². The molecule has 1 unspecified atom stereocenters. The summed E-state index contributed by atoms with van der Waals surface area (Å²) < 4.78 is 19.9. The number of carbonyl (C=O) groups is 2. The van der Waals surface area contributed by atoms with Crippen molar-refractivity contribution in [2.75, 3.05) is 12.0 Å². The fourth-order valence-electron chi connectivity index (χ4n) is 3.26. The highest BCUT2D eigenvalue weighted by molar-refractivity contribution is 6.17. The summed E-state index contributed by atoms with van der Waals surface area (Å²) in [4.78, 5) is 27.3. The van der Waals surface area contributed by atoms with E-state index in [1.165, 1.54) is 30.2 Å². The Morgan fingerprint density at radius 1 is 1.14 bits per heavy atom. The third-order valence-electron chi connectivity index (χ3n) is 4.67. The standard InChI is InChI=1S/C22H22FNO4/c1-22(2,3)20(26)17-18(15-10-5-6-11-16(15)23)24(21(27)19(17)25)13-8-7-9-14(12-13)28-4/h5-12,18,25H,1-4H3. The molecule has 28 heavy (non-hydrogen) atoms. The zero-order valence-corrected chi connectivity index (χ0v) is 16.2. The topological polar surface area (TPSA) is 66.8 Å². The second-order valence-corrected chi connectivity index (χ2v) is 7.64. The molecule has 0 aliphatic carbocycles. The van der Waals surface area contributed by atoms with Gasteiger partial charge in [0.05, 0.1) is 18.7 Å². The van der Waals surface area contributed by atoms with E-state index in [-0.39, 0.29) is 11.1 Å². The van der Waals surface area contributed by atoms with Gasteiger partial charge in [0.15, 0.2) is 11.5 Å². The van der Waals surface area contributed by atoms with E-state index in [9.17, 15) is 19.1 Å². The van der Waals surface area contributed by atoms with Gasteiger partial charge in [-0.25, -0.2) is 4.39 Å². The van der Waals surface area contributed by atoms with Gasteiger partial charge in [-0.1, -0.05) is 45.0 Å². The Bertz CT molecular complexity index is 974. The highest BCUT2D eigenvalue weighted by Crippen LogP contribution is 2.44. The van der Waals surface area contributed by atoms with Crippen LogP contribution >= 0.6 is 0 Å². The van der Waals surface area contributed by atoms with Gasteiger partial charge in [0.2, 0.25) is 0 Å². The first-order chi connectivity index (χ1) is 13.2. The van der Waals surface area contributed by atoms with E-state index in [2.05, 4.69) is 0 Å². The molecule has 3 rings (SSSR count). The van der Waals surface area contributed by atoms with Gasteiger partial charge < -0.3 is 9.84 Å². The van der Waals surface area contributed by atoms with Crippen LogP contribution in [0.4, 0.5) is 10.1 Å². The Morgan fingerprint density at radius 3 is 2.43 bits per heavy atom. The highest BCUT2D eigenvalue weighted by atomic mass is 19.1. The quantitative estimate of drug-likeness (QED) is 0.852. The van der Waals surface area contributed by atoms with Crippen LogP contribution in [0.25, 0.3) is 0 Å². The van der Waals surface area contributed by atoms with E-state index < -0.39 is 34.7 Å². The minimum absolute atomic E-state index is 0.106. The number of amides is 1. The van der Waals surface area contributed by atoms with Crippen LogP contribution in [0.3, 0.4) is 0 Å². The van der Waals surface area contributed by atoms with Crippen molar-refractivity contribution in [1.82, 2.24) is 0 Å². The average molecular weight is 383 g/mol. The van der Waals surface area contributed by atoms with Crippen molar-refractivity contribution in [3.05, 3.63) is 71.2 Å². The predicted octanol–water partition coefficient (Wildman–Crippen LogP) is 4.35. The summed E-state index contributed by atoms with van der Waals surface area (Å²) in [6.07, 6.45) is 0. The maximum atomic E-state index is 14.7. The molecule has 0 radical (unpaired) electrons. The summed E-state index contributed by atoms with van der Waals surface area (Å²) >= 11 is 0. The number of rotatable bonds is 4. The van der Waals surface area contributed by atoms with Gasteiger partial charge >= 0.3 is 0 Å². The number of aliphatic hydroxyl groups is 1. The molecule has 1 N–H and O–H groups in total. The summed E-state index contributed by atoms with van der Waals surface area (Å²) in [5, 5.41) is 10.6. The van der Waals surface area contributed by atoms with Crippen LogP contribution in [-0.4, -0.2) is 23.9 Å². The van der Waals surface area contributed by atoms with E-state index in [1.807, 2.05) is 0 Å². The van der Waals surface area contributed by atoms with E-state index in [0.29, 0.717) is 11.4 Å². The smallest absolute Gasteiger partial charge is 0.294 e. The molecule has 0 saturated carbocycles. The molecule has 1 aliphatic rings. The van der Waals surface area contributed by atoms with Crippen LogP contribution in [0.1, 0.15) is 32.4 Å². The lowest BCUT2D eigenvalue weighted by atomic mass is 9.82. The molecule has 1 atom stereocenters. The third kappa shape index (κ3) is 3.26. The summed E-state index contributed by atoms with van der Waals surface area (Å²) in [5.41, 5.74) is -0.445. The maximum Gasteiger partial charge on any atom is 0.294 e. The largest absolute Gasteiger partial charge is 0.503 e. The van der Waals surface area contributed by atoms with Crippen molar-refractivity contribution in [3.8, 4) is 5.75 Å². The number of ether oxygens (including phenoxy) is 1. The highest BCUT2D eigenvalue weighted by Gasteiger charge is 2.47. The number of benzene rings is 2. The van der Waals surface area contributed by atoms with Crippen molar-refractivity contribution in [1.29, 1.82) is 0 Å². The van der Waals surface area contributed by atoms with Crippen LogP contribution < -0.4 is 9.64 Å². The zero-order chi connectivity index (χ0) is 20.6. The fourth-order valence-corrected chi connectivity index (χ4v) is 3.26. The number of hydrogen-bond acceptors (Lipinski definition) is 4. The summed E-state index contributed by atoms with van der Waals surface area (Å²) in [5.74, 6) is -1.91. The first-order valence-electron chi connectivity index (χ1n) is 8.86. The molecule has 0 spiro atoms. The Kier molecular flexibility index (Phi) is 4.98. The molecule has 0 bridgehead atoms. The molecule has 1 amide bonds. The Labute approximate surface area is 163 Å². The molecule has 0 saturated heterocycles. The van der Waals surface area contributed by atoms with Gasteiger partial charge in [0.25, 0.3) is 5.91 Å². The van der Waals surface area contributed by atoms with Crippen molar-refractivity contribution >= 4 is 17.4 Å². The predicted molar refractivity (Wildman–Crippen MR) is 104 cm³/mol. The lowest BCUT2D eigenvalue weighted by Crippen LogP contribution is -2.33. The number of halogens is 1. The minimum atomic E-state index is -1.08. The number of methoxy groups -OCH3 is 1. The Hall–Kier alpha value is -3.15. The van der Waals surface area contributed by atoms with Gasteiger partial charge in [-0.05, 0) is 18.2 Å². The second-order valence-electron chi connectivity index (χ2n) is 7.64. The second kappa shape index (κ2) is 7.11. The normalized spacial score (nSPS) is 17.2. The van der Waals surface area contributed by atoms with Gasteiger partial charge in [-0.3, -0.25) is 14.5 Å². The first-order valence-corrected chi connectivity index (χ1v) is 8.86. The van der Waals surface area contributed by atoms with Gasteiger partial charge in [-0.2, -0.15) is 0 Å². The average Bonchev–Trinajstić information content (AvgIpc) is 2.91. The number of anilines is 1. The lowest BCUT2D eigenvalue weighted by molar-refractivity contribution is -0.123. The third-order valence-corrected chi connectivity index (χ3v) is 4.67. The SMILES string of the molecule is COc1cccc(N2C(=O)C(O)=C(C(=O)C(C)(C)C)C2c2ccccc2F)c1. The molecular formula is C22H22FNO4. The zero-order valence-electron chi connectivity index (χ0n) is 16.2. The molecule has 0 fully saturated rings. The Morgan fingerprint density at radius 2 is 1.82 bits per heavy atom. The number of Topliss-reactive ketones (excluding diaryl/α,β-unsaturated/α-hetero) is 1. The summed E-state index contributed by atoms with van der Waals surface area (Å²) in [7, 11) is 1.49. The number of nitrogens with zero attached hydrogens (tertiary/aromatic N) is 1. The number of aliphatic hydroxyl groups excluding tert-OH is 1. The Balaban J connectivity index is 2.24. The summed E-state index contributed by atoms with van der Waals surface area (Å²) in [6, 6.07) is 11.5. The molecule has 1 aliphatic heterocycles. The molecular weight excluding hydrogens is 361 g/mol. The van der Waals surface area contributed by atoms with Crippen molar-refractivity contribution in [2.45, 2.75) is 26.8 Å². The number of carbonyl (C=O) groups excluding carboxylic acids is 2.